The Morgan fingerprint density at radius 3 is 2.38 bits per heavy atom. The van der Waals surface area contributed by atoms with E-state index < -0.39 is 12.1 Å². The number of rotatable bonds is 11. The molecule has 1 heterocycles. The summed E-state index contributed by atoms with van der Waals surface area (Å²) in [4.78, 5) is 12.5. The van der Waals surface area contributed by atoms with Gasteiger partial charge in [-0.3, -0.25) is 0 Å². The standard InChI is InChI=1S/C25H29NO4S.Ca.2H/c1-4-29-24(25(27)28)17-19-6-10-21(11-7-19)30-16-15-26-18(2)5-14-23(26)20-8-12-22(31-3)13-9-20;;;/h5-14,24H,4,15-17H2,1-3H3,(H,27,28);;;/q;+2;2*-1/t24-;;;/m0.../s1. The number of benzene rings is 2. The molecule has 1 aromatic heterocycles. The Morgan fingerprint density at radius 2 is 1.78 bits per heavy atom. The molecular weight excluding hydrogens is 450 g/mol. The summed E-state index contributed by atoms with van der Waals surface area (Å²) < 4.78 is 13.5. The molecule has 5 nitrogen and oxygen atoms in total. The first-order valence-corrected chi connectivity index (χ1v) is 11.6. The summed E-state index contributed by atoms with van der Waals surface area (Å²) in [6.07, 6.45) is 1.59. The van der Waals surface area contributed by atoms with Gasteiger partial charge in [0.1, 0.15) is 12.4 Å². The molecule has 1 N–H and O–H groups in total. The van der Waals surface area contributed by atoms with Crippen molar-refractivity contribution in [2.75, 3.05) is 19.5 Å². The molecule has 0 spiro atoms. The second-order valence-electron chi connectivity index (χ2n) is 7.22. The number of hydrogen-bond acceptors (Lipinski definition) is 4. The third-order valence-electron chi connectivity index (χ3n) is 5.16. The van der Waals surface area contributed by atoms with Crippen LogP contribution in [0.1, 0.15) is 21.0 Å². The quantitative estimate of drug-likeness (QED) is 0.303. The molecule has 1 atom stereocenters. The number of aryl methyl sites for hydroxylation is 1. The van der Waals surface area contributed by atoms with E-state index >= 15 is 0 Å². The zero-order valence-corrected chi connectivity index (χ0v) is 21.9. The van der Waals surface area contributed by atoms with Gasteiger partial charge in [-0.25, -0.2) is 4.79 Å². The van der Waals surface area contributed by atoms with Crippen LogP contribution in [0.15, 0.2) is 65.6 Å². The predicted molar refractivity (Wildman–Crippen MR) is 133 cm³/mol. The fourth-order valence-corrected chi connectivity index (χ4v) is 3.90. The SMILES string of the molecule is CCO[C@@H](Cc1ccc(OCCn2c(C)ccc2-c2ccc(SC)cc2)cc1)C(=O)O.[Ca+2].[H-].[H-]. The second-order valence-corrected chi connectivity index (χ2v) is 8.10. The Hall–Kier alpha value is -1.44. The predicted octanol–water partition coefficient (Wildman–Crippen LogP) is 5.14. The molecule has 0 fully saturated rings. The number of carbonyl (C=O) groups is 1. The molecule has 168 valence electrons. The number of aromatic nitrogens is 1. The van der Waals surface area contributed by atoms with E-state index in [2.05, 4.69) is 54.1 Å². The minimum atomic E-state index is -0.942. The number of carboxylic acids is 1. The van der Waals surface area contributed by atoms with Gasteiger partial charge in [-0.15, -0.1) is 11.8 Å². The van der Waals surface area contributed by atoms with E-state index in [0.717, 1.165) is 17.9 Å². The van der Waals surface area contributed by atoms with Gasteiger partial charge in [0.25, 0.3) is 0 Å². The summed E-state index contributed by atoms with van der Waals surface area (Å²) in [5.74, 6) is -0.175. The van der Waals surface area contributed by atoms with Crippen molar-refractivity contribution in [2.45, 2.75) is 37.8 Å². The van der Waals surface area contributed by atoms with E-state index in [4.69, 9.17) is 9.47 Å². The van der Waals surface area contributed by atoms with Crippen LogP contribution < -0.4 is 4.74 Å². The number of aliphatic carboxylic acids is 1. The van der Waals surface area contributed by atoms with Crippen LogP contribution >= 0.6 is 11.8 Å². The molecule has 0 amide bonds. The van der Waals surface area contributed by atoms with Gasteiger partial charge in [-0.1, -0.05) is 24.3 Å². The molecular formula is C25H31CaNO4S. The third-order valence-corrected chi connectivity index (χ3v) is 5.90. The summed E-state index contributed by atoms with van der Waals surface area (Å²) in [5.41, 5.74) is 4.47. The van der Waals surface area contributed by atoms with Crippen molar-refractivity contribution >= 4 is 55.5 Å². The average Bonchev–Trinajstić information content (AvgIpc) is 3.15. The minimum absolute atomic E-state index is 0. The van der Waals surface area contributed by atoms with Crippen LogP contribution in [0.2, 0.25) is 0 Å². The molecule has 3 aromatic rings. The largest absolute Gasteiger partial charge is 2.00 e. The Balaban J connectivity index is 0.00000363. The second kappa shape index (κ2) is 13.3. The molecule has 0 aliphatic carbocycles. The molecule has 0 saturated carbocycles. The first-order chi connectivity index (χ1) is 15.0. The molecule has 0 bridgehead atoms. The zero-order valence-electron chi connectivity index (χ0n) is 20.9. The molecule has 0 unspecified atom stereocenters. The van der Waals surface area contributed by atoms with Gasteiger partial charge in [0.15, 0.2) is 6.10 Å². The van der Waals surface area contributed by atoms with E-state index in [9.17, 15) is 9.90 Å². The average molecular weight is 482 g/mol. The van der Waals surface area contributed by atoms with Crippen LogP contribution in [-0.4, -0.2) is 79.0 Å². The molecule has 2 aromatic carbocycles. The van der Waals surface area contributed by atoms with E-state index in [1.54, 1.807) is 18.7 Å². The van der Waals surface area contributed by atoms with Gasteiger partial charge in [0, 0.05) is 29.3 Å². The molecule has 7 heteroatoms. The summed E-state index contributed by atoms with van der Waals surface area (Å²) in [6, 6.07) is 20.4. The van der Waals surface area contributed by atoms with Crippen LogP contribution in [0.4, 0.5) is 0 Å². The summed E-state index contributed by atoms with van der Waals surface area (Å²) in [7, 11) is 0. The summed E-state index contributed by atoms with van der Waals surface area (Å²) in [5, 5.41) is 9.23. The maximum atomic E-state index is 11.3. The third kappa shape index (κ3) is 7.29. The Morgan fingerprint density at radius 1 is 1.09 bits per heavy atom. The maximum Gasteiger partial charge on any atom is 2.00 e. The smallest absolute Gasteiger partial charge is 1.00 e. The topological polar surface area (TPSA) is 60.7 Å². The Labute approximate surface area is 227 Å². The van der Waals surface area contributed by atoms with Crippen LogP contribution in [0.25, 0.3) is 11.3 Å². The number of ether oxygens (including phenoxy) is 2. The van der Waals surface area contributed by atoms with Gasteiger partial charge in [0.05, 0.1) is 6.54 Å². The van der Waals surface area contributed by atoms with Crippen molar-refractivity contribution in [3.63, 3.8) is 0 Å². The molecule has 0 aliphatic heterocycles. The maximum absolute atomic E-state index is 11.3. The number of thioether (sulfide) groups is 1. The van der Waals surface area contributed by atoms with Gasteiger partial charge in [-0.2, -0.15) is 0 Å². The van der Waals surface area contributed by atoms with E-state index in [0.29, 0.717) is 19.6 Å². The summed E-state index contributed by atoms with van der Waals surface area (Å²) in [6.45, 7) is 5.56. The van der Waals surface area contributed by atoms with Crippen LogP contribution in [0.3, 0.4) is 0 Å². The van der Waals surface area contributed by atoms with Crippen molar-refractivity contribution < 1.29 is 22.2 Å². The first kappa shape index (κ1) is 26.8. The Kier molecular flexibility index (Phi) is 11.2. The zero-order chi connectivity index (χ0) is 22.2. The van der Waals surface area contributed by atoms with Crippen molar-refractivity contribution in [1.29, 1.82) is 0 Å². The summed E-state index contributed by atoms with van der Waals surface area (Å²) >= 11 is 1.74. The first-order valence-electron chi connectivity index (χ1n) is 10.4. The van der Waals surface area contributed by atoms with Gasteiger partial charge in [-0.05, 0) is 67.6 Å². The minimum Gasteiger partial charge on any atom is -1.00 e. The molecule has 0 radical (unpaired) electrons. The van der Waals surface area contributed by atoms with Crippen LogP contribution in [0, 0.1) is 6.92 Å². The van der Waals surface area contributed by atoms with E-state index in [1.807, 2.05) is 24.3 Å². The van der Waals surface area contributed by atoms with Crippen molar-refractivity contribution in [1.82, 2.24) is 4.57 Å². The van der Waals surface area contributed by atoms with Crippen molar-refractivity contribution in [3.8, 4) is 17.0 Å². The molecule has 0 aliphatic rings. The number of nitrogens with zero attached hydrogens (tertiary/aromatic N) is 1. The van der Waals surface area contributed by atoms with Crippen molar-refractivity contribution in [3.05, 3.63) is 71.9 Å². The van der Waals surface area contributed by atoms with E-state index in [1.165, 1.54) is 21.8 Å². The van der Waals surface area contributed by atoms with Crippen molar-refractivity contribution in [2.24, 2.45) is 0 Å². The molecule has 0 saturated heterocycles. The molecule has 3 rings (SSSR count). The monoisotopic (exact) mass is 481 g/mol. The fraction of sp³-hybridized carbons (Fsp3) is 0.320. The van der Waals surface area contributed by atoms with Crippen LogP contribution in [0.5, 0.6) is 5.75 Å². The van der Waals surface area contributed by atoms with Gasteiger partial charge < -0.3 is 22.0 Å². The number of hydrogen-bond donors (Lipinski definition) is 1. The van der Waals surface area contributed by atoms with Gasteiger partial charge in [0.2, 0.25) is 0 Å². The van der Waals surface area contributed by atoms with Gasteiger partial charge >= 0.3 is 43.7 Å². The Bertz CT molecular complexity index is 997. The molecule has 32 heavy (non-hydrogen) atoms. The fourth-order valence-electron chi connectivity index (χ4n) is 3.49. The number of carboxylic acid groups (broad SMARTS) is 1. The normalized spacial score (nSPS) is 11.6. The van der Waals surface area contributed by atoms with Crippen LogP contribution in [-0.2, 0) is 22.5 Å². The van der Waals surface area contributed by atoms with E-state index in [-0.39, 0.29) is 40.6 Å².